The molecule has 1 aromatic heterocycles. The Morgan fingerprint density at radius 1 is 1.36 bits per heavy atom. The summed E-state index contributed by atoms with van der Waals surface area (Å²) < 4.78 is 0. The Kier molecular flexibility index (Phi) is 1.31. The molecular weight excluding hydrogens is 134 g/mol. The third-order valence-corrected chi connectivity index (χ3v) is 2.19. The maximum atomic E-state index is 4.47. The van der Waals surface area contributed by atoms with Gasteiger partial charge in [0.1, 0.15) is 0 Å². The molecule has 0 N–H and O–H groups in total. The van der Waals surface area contributed by atoms with Crippen molar-refractivity contribution in [3.8, 4) is 0 Å². The van der Waals surface area contributed by atoms with E-state index in [-0.39, 0.29) is 0 Å². The Morgan fingerprint density at radius 3 is 3.00 bits per heavy atom. The van der Waals surface area contributed by atoms with E-state index in [1.807, 2.05) is 0 Å². The van der Waals surface area contributed by atoms with Gasteiger partial charge in [0.25, 0.3) is 0 Å². The van der Waals surface area contributed by atoms with Gasteiger partial charge in [-0.1, -0.05) is 12.1 Å². The zero-order chi connectivity index (χ0) is 7.84. The van der Waals surface area contributed by atoms with Crippen LogP contribution >= 0.6 is 0 Å². The van der Waals surface area contributed by atoms with E-state index in [4.69, 9.17) is 0 Å². The maximum absolute atomic E-state index is 4.47. The van der Waals surface area contributed by atoms with Crippen LogP contribution in [0.4, 0.5) is 0 Å². The van der Waals surface area contributed by atoms with Crippen LogP contribution in [0.15, 0.2) is 12.1 Å². The van der Waals surface area contributed by atoms with Gasteiger partial charge in [-0.05, 0) is 37.5 Å². The first kappa shape index (κ1) is 6.59. The number of pyridine rings is 1. The average Bonchev–Trinajstić information content (AvgIpc) is 2.36. The van der Waals surface area contributed by atoms with E-state index < -0.39 is 0 Å². The lowest BCUT2D eigenvalue weighted by atomic mass is 10.1. The lowest BCUT2D eigenvalue weighted by molar-refractivity contribution is 1.10. The van der Waals surface area contributed by atoms with E-state index in [9.17, 15) is 0 Å². The highest BCUT2D eigenvalue weighted by molar-refractivity contribution is 5.56. The second-order valence-electron chi connectivity index (χ2n) is 3.04. The van der Waals surface area contributed by atoms with Gasteiger partial charge in [0.15, 0.2) is 0 Å². The number of allylic oxidation sites excluding steroid dienone is 1. The number of rotatable bonds is 0. The van der Waals surface area contributed by atoms with Crippen LogP contribution < -0.4 is 0 Å². The number of aromatic nitrogens is 1. The highest BCUT2D eigenvalue weighted by Crippen LogP contribution is 2.19. The Labute approximate surface area is 66.8 Å². The molecule has 0 aromatic carbocycles. The predicted octanol–water partition coefficient (Wildman–Crippen LogP) is 2.27. The van der Waals surface area contributed by atoms with Crippen LogP contribution in [0.5, 0.6) is 0 Å². The molecule has 0 atom stereocenters. The molecule has 0 spiro atoms. The Morgan fingerprint density at radius 2 is 2.18 bits per heavy atom. The summed E-state index contributed by atoms with van der Waals surface area (Å²) in [4.78, 5) is 4.47. The fourth-order valence-corrected chi connectivity index (χ4v) is 1.39. The van der Waals surface area contributed by atoms with E-state index in [0.717, 1.165) is 17.8 Å². The fraction of sp³-hybridized carbons (Fsp3) is 0.300. The van der Waals surface area contributed by atoms with Gasteiger partial charge in [-0.2, -0.15) is 0 Å². The molecular formula is C10H11N. The number of aryl methyl sites for hydroxylation is 2. The standard InChI is InChI=1S/C10H11N/c1-7-6-9-4-3-5-10(9)11-8(7)2/h3,5-6H,4H2,1-2H3. The van der Waals surface area contributed by atoms with E-state index >= 15 is 0 Å². The molecule has 1 nitrogen and oxygen atoms in total. The van der Waals surface area contributed by atoms with E-state index in [1.54, 1.807) is 0 Å². The molecule has 0 bridgehead atoms. The summed E-state index contributed by atoms with van der Waals surface area (Å²) in [6.45, 7) is 4.17. The summed E-state index contributed by atoms with van der Waals surface area (Å²) >= 11 is 0. The van der Waals surface area contributed by atoms with E-state index in [0.29, 0.717) is 0 Å². The highest BCUT2D eigenvalue weighted by atomic mass is 14.7. The van der Waals surface area contributed by atoms with Gasteiger partial charge in [0, 0.05) is 5.69 Å². The van der Waals surface area contributed by atoms with Crippen LogP contribution in [-0.4, -0.2) is 4.98 Å². The molecule has 11 heavy (non-hydrogen) atoms. The topological polar surface area (TPSA) is 12.9 Å². The van der Waals surface area contributed by atoms with Gasteiger partial charge in [0.2, 0.25) is 0 Å². The smallest absolute Gasteiger partial charge is 0.0665 e. The molecule has 1 heterocycles. The van der Waals surface area contributed by atoms with Crippen LogP contribution in [0.1, 0.15) is 22.5 Å². The third kappa shape index (κ3) is 0.967. The molecule has 1 heteroatoms. The van der Waals surface area contributed by atoms with Gasteiger partial charge in [-0.25, -0.2) is 0 Å². The number of hydrogen-bond donors (Lipinski definition) is 0. The summed E-state index contributed by atoms with van der Waals surface area (Å²) in [5.74, 6) is 0. The monoisotopic (exact) mass is 145 g/mol. The minimum Gasteiger partial charge on any atom is -0.253 e. The lowest BCUT2D eigenvalue weighted by Crippen LogP contribution is -1.92. The Hall–Kier alpha value is -1.11. The second-order valence-corrected chi connectivity index (χ2v) is 3.04. The van der Waals surface area contributed by atoms with Gasteiger partial charge < -0.3 is 0 Å². The van der Waals surface area contributed by atoms with Crippen molar-refractivity contribution >= 4 is 6.08 Å². The molecule has 0 saturated carbocycles. The van der Waals surface area contributed by atoms with Gasteiger partial charge in [0.05, 0.1) is 5.69 Å². The van der Waals surface area contributed by atoms with E-state index in [2.05, 4.69) is 37.0 Å². The van der Waals surface area contributed by atoms with Gasteiger partial charge >= 0.3 is 0 Å². The summed E-state index contributed by atoms with van der Waals surface area (Å²) in [6, 6.07) is 2.23. The summed E-state index contributed by atoms with van der Waals surface area (Å²) in [5, 5.41) is 0. The number of nitrogens with zero attached hydrogens (tertiary/aromatic N) is 1. The van der Waals surface area contributed by atoms with Crippen LogP contribution in [0.25, 0.3) is 6.08 Å². The minimum atomic E-state index is 1.06. The normalized spacial score (nSPS) is 13.6. The molecule has 1 aliphatic carbocycles. The van der Waals surface area contributed by atoms with Gasteiger partial charge in [-0.15, -0.1) is 0 Å². The molecule has 2 rings (SSSR count). The molecule has 0 fully saturated rings. The Bertz CT molecular complexity index is 324. The first-order valence-electron chi connectivity index (χ1n) is 3.91. The van der Waals surface area contributed by atoms with Crippen molar-refractivity contribution < 1.29 is 0 Å². The fourth-order valence-electron chi connectivity index (χ4n) is 1.39. The molecule has 0 saturated heterocycles. The largest absolute Gasteiger partial charge is 0.253 e. The lowest BCUT2D eigenvalue weighted by Gasteiger charge is -2.02. The number of hydrogen-bond acceptors (Lipinski definition) is 1. The van der Waals surface area contributed by atoms with Crippen LogP contribution in [0.3, 0.4) is 0 Å². The first-order chi connectivity index (χ1) is 5.27. The van der Waals surface area contributed by atoms with E-state index in [1.165, 1.54) is 11.1 Å². The SMILES string of the molecule is Cc1cc2c(nc1C)C=CC2. The van der Waals surface area contributed by atoms with Crippen molar-refractivity contribution in [2.24, 2.45) is 0 Å². The van der Waals surface area contributed by atoms with Crippen molar-refractivity contribution in [1.82, 2.24) is 4.98 Å². The first-order valence-corrected chi connectivity index (χ1v) is 3.91. The Balaban J connectivity index is 2.63. The number of fused-ring (bicyclic) bond motifs is 1. The molecule has 1 aliphatic rings. The maximum Gasteiger partial charge on any atom is 0.0665 e. The van der Waals surface area contributed by atoms with Crippen LogP contribution in [0, 0.1) is 13.8 Å². The van der Waals surface area contributed by atoms with Crippen molar-refractivity contribution in [2.75, 3.05) is 0 Å². The van der Waals surface area contributed by atoms with Crippen molar-refractivity contribution in [1.29, 1.82) is 0 Å². The van der Waals surface area contributed by atoms with Crippen LogP contribution in [-0.2, 0) is 6.42 Å². The quantitative estimate of drug-likeness (QED) is 0.545. The predicted molar refractivity (Wildman–Crippen MR) is 46.4 cm³/mol. The zero-order valence-corrected chi connectivity index (χ0v) is 6.89. The molecule has 1 aromatic rings. The van der Waals surface area contributed by atoms with Crippen molar-refractivity contribution in [3.63, 3.8) is 0 Å². The summed E-state index contributed by atoms with van der Waals surface area (Å²) in [5.41, 5.74) is 4.98. The zero-order valence-electron chi connectivity index (χ0n) is 6.89. The third-order valence-electron chi connectivity index (χ3n) is 2.19. The molecule has 0 amide bonds. The highest BCUT2D eigenvalue weighted by Gasteiger charge is 2.07. The average molecular weight is 145 g/mol. The molecule has 0 aliphatic heterocycles. The molecule has 56 valence electrons. The second kappa shape index (κ2) is 2.19. The van der Waals surface area contributed by atoms with Crippen LogP contribution in [0.2, 0.25) is 0 Å². The van der Waals surface area contributed by atoms with Gasteiger partial charge in [-0.3, -0.25) is 4.98 Å². The van der Waals surface area contributed by atoms with Crippen molar-refractivity contribution in [2.45, 2.75) is 20.3 Å². The van der Waals surface area contributed by atoms with Crippen molar-refractivity contribution in [3.05, 3.63) is 34.7 Å². The summed E-state index contributed by atoms with van der Waals surface area (Å²) in [7, 11) is 0. The minimum absolute atomic E-state index is 1.06. The molecule has 0 unspecified atom stereocenters. The molecule has 0 radical (unpaired) electrons. The summed E-state index contributed by atoms with van der Waals surface area (Å²) in [6.07, 6.45) is 5.32.